The molecule has 0 N–H and O–H groups in total. The average molecular weight is 430 g/mol. The minimum absolute atomic E-state index is 0.0230. The zero-order valence-corrected chi connectivity index (χ0v) is 19.8. The molecule has 0 atom stereocenters. The number of aromatic nitrogens is 2. The van der Waals surface area contributed by atoms with Gasteiger partial charge in [0, 0.05) is 24.3 Å². The third-order valence-electron chi connectivity index (χ3n) is 5.98. The molecular weight excluding hydrogens is 394 g/mol. The third kappa shape index (κ3) is 4.65. The van der Waals surface area contributed by atoms with Gasteiger partial charge in [-0.2, -0.15) is 5.10 Å². The Bertz CT molecular complexity index is 887. The van der Waals surface area contributed by atoms with Crippen molar-refractivity contribution in [3.8, 4) is 17.2 Å². The molecular formula is C24H35N3O4. The first-order valence-electron chi connectivity index (χ1n) is 11.0. The molecule has 1 aromatic heterocycles. The maximum atomic E-state index is 13.2. The van der Waals surface area contributed by atoms with Crippen LogP contribution in [0.2, 0.25) is 0 Å². The fourth-order valence-corrected chi connectivity index (χ4v) is 4.14. The molecule has 0 saturated carbocycles. The number of methoxy groups -OCH3 is 3. The molecule has 0 spiro atoms. The van der Waals surface area contributed by atoms with Gasteiger partial charge in [-0.3, -0.25) is 9.48 Å². The van der Waals surface area contributed by atoms with Gasteiger partial charge in [-0.15, -0.1) is 0 Å². The first kappa shape index (κ1) is 23.0. The molecule has 2 heterocycles. The summed E-state index contributed by atoms with van der Waals surface area (Å²) in [4.78, 5) is 15.1. The number of hydrogen-bond donors (Lipinski definition) is 0. The van der Waals surface area contributed by atoms with Crippen LogP contribution in [0.25, 0.3) is 0 Å². The van der Waals surface area contributed by atoms with Crippen LogP contribution in [0.3, 0.4) is 0 Å². The highest BCUT2D eigenvalue weighted by Gasteiger charge is 2.28. The van der Waals surface area contributed by atoms with Crippen molar-refractivity contribution in [1.29, 1.82) is 0 Å². The van der Waals surface area contributed by atoms with E-state index in [0.29, 0.717) is 53.8 Å². The van der Waals surface area contributed by atoms with Gasteiger partial charge in [-0.05, 0) is 42.9 Å². The molecule has 3 rings (SSSR count). The highest BCUT2D eigenvalue weighted by Crippen LogP contribution is 2.39. The van der Waals surface area contributed by atoms with E-state index in [2.05, 4.69) is 38.4 Å². The summed E-state index contributed by atoms with van der Waals surface area (Å²) < 4.78 is 18.4. The van der Waals surface area contributed by atoms with E-state index < -0.39 is 0 Å². The van der Waals surface area contributed by atoms with E-state index in [1.54, 1.807) is 33.5 Å². The first-order chi connectivity index (χ1) is 14.8. The molecule has 0 bridgehead atoms. The summed E-state index contributed by atoms with van der Waals surface area (Å²) in [6.45, 7) is 10.1. The highest BCUT2D eigenvalue weighted by atomic mass is 16.5. The number of rotatable bonds is 7. The molecule has 1 aliphatic heterocycles. The quantitative estimate of drug-likeness (QED) is 0.642. The van der Waals surface area contributed by atoms with Gasteiger partial charge in [0.15, 0.2) is 11.5 Å². The number of amides is 1. The number of ether oxygens (including phenoxy) is 3. The molecule has 1 aliphatic rings. The Hall–Kier alpha value is -2.70. The number of carbonyl (C=O) groups is 1. The van der Waals surface area contributed by atoms with E-state index in [4.69, 9.17) is 19.3 Å². The Labute approximate surface area is 185 Å². The normalized spacial score (nSPS) is 14.9. The van der Waals surface area contributed by atoms with Crippen molar-refractivity contribution in [2.75, 3.05) is 34.4 Å². The standard InChI is InChI=1S/C24H35N3O4/c1-15(2)19-14-20(16(3)4)27(25-19)18-8-10-26(11-9-18)24(28)17-12-21(29-5)23(31-7)22(13-17)30-6/h12-16,18H,8-11H2,1-7H3. The van der Waals surface area contributed by atoms with Gasteiger partial charge in [-0.25, -0.2) is 0 Å². The van der Waals surface area contributed by atoms with Crippen LogP contribution in [-0.4, -0.2) is 55.0 Å². The predicted molar refractivity (Wildman–Crippen MR) is 121 cm³/mol. The SMILES string of the molecule is COc1cc(C(=O)N2CCC(n3nc(C(C)C)cc3C(C)C)CC2)cc(OC)c1OC. The fraction of sp³-hybridized carbons (Fsp3) is 0.583. The zero-order valence-electron chi connectivity index (χ0n) is 19.8. The lowest BCUT2D eigenvalue weighted by Gasteiger charge is -2.33. The van der Waals surface area contributed by atoms with Crippen LogP contribution >= 0.6 is 0 Å². The second-order valence-corrected chi connectivity index (χ2v) is 8.69. The summed E-state index contributed by atoms with van der Waals surface area (Å²) in [5, 5.41) is 4.91. The second-order valence-electron chi connectivity index (χ2n) is 8.69. The van der Waals surface area contributed by atoms with Crippen molar-refractivity contribution in [2.24, 2.45) is 0 Å². The topological polar surface area (TPSA) is 65.8 Å². The lowest BCUT2D eigenvalue weighted by molar-refractivity contribution is 0.0687. The Morgan fingerprint density at radius 1 is 0.935 bits per heavy atom. The Morgan fingerprint density at radius 3 is 1.97 bits per heavy atom. The van der Waals surface area contributed by atoms with Gasteiger partial charge in [0.25, 0.3) is 5.91 Å². The Balaban J connectivity index is 1.77. The molecule has 2 aromatic rings. The molecule has 7 nitrogen and oxygen atoms in total. The van der Waals surface area contributed by atoms with Crippen molar-refractivity contribution < 1.29 is 19.0 Å². The van der Waals surface area contributed by atoms with E-state index in [9.17, 15) is 4.79 Å². The molecule has 0 aliphatic carbocycles. The summed E-state index contributed by atoms with van der Waals surface area (Å²) in [5.41, 5.74) is 2.95. The van der Waals surface area contributed by atoms with Crippen LogP contribution in [0.15, 0.2) is 18.2 Å². The van der Waals surface area contributed by atoms with Crippen LogP contribution < -0.4 is 14.2 Å². The maximum Gasteiger partial charge on any atom is 0.254 e. The smallest absolute Gasteiger partial charge is 0.254 e. The summed E-state index contributed by atoms with van der Waals surface area (Å²) in [6, 6.07) is 5.99. The van der Waals surface area contributed by atoms with Crippen LogP contribution in [0.4, 0.5) is 0 Å². The van der Waals surface area contributed by atoms with Crippen molar-refractivity contribution in [1.82, 2.24) is 14.7 Å². The molecule has 1 saturated heterocycles. The summed E-state index contributed by atoms with van der Waals surface area (Å²) in [5.74, 6) is 2.25. The van der Waals surface area contributed by atoms with E-state index in [1.165, 1.54) is 5.69 Å². The van der Waals surface area contributed by atoms with E-state index >= 15 is 0 Å². The Kier molecular flexibility index (Phi) is 7.13. The maximum absolute atomic E-state index is 13.2. The Morgan fingerprint density at radius 2 is 1.52 bits per heavy atom. The number of nitrogens with zero attached hydrogens (tertiary/aromatic N) is 3. The summed E-state index contributed by atoms with van der Waals surface area (Å²) >= 11 is 0. The fourth-order valence-electron chi connectivity index (χ4n) is 4.14. The van der Waals surface area contributed by atoms with Gasteiger partial charge in [0.1, 0.15) is 0 Å². The number of hydrogen-bond acceptors (Lipinski definition) is 5. The predicted octanol–water partition coefficient (Wildman–Crippen LogP) is 4.63. The van der Waals surface area contributed by atoms with Crippen molar-refractivity contribution in [2.45, 2.75) is 58.4 Å². The van der Waals surface area contributed by atoms with Gasteiger partial charge < -0.3 is 19.1 Å². The lowest BCUT2D eigenvalue weighted by atomic mass is 10.0. The van der Waals surface area contributed by atoms with Crippen LogP contribution in [0, 0.1) is 0 Å². The average Bonchev–Trinajstić information content (AvgIpc) is 3.24. The number of carbonyl (C=O) groups excluding carboxylic acids is 1. The van der Waals surface area contributed by atoms with Gasteiger partial charge >= 0.3 is 0 Å². The van der Waals surface area contributed by atoms with Crippen molar-refractivity contribution >= 4 is 5.91 Å². The van der Waals surface area contributed by atoms with Crippen molar-refractivity contribution in [3.05, 3.63) is 35.2 Å². The lowest BCUT2D eigenvalue weighted by Crippen LogP contribution is -2.39. The molecule has 1 fully saturated rings. The molecule has 0 unspecified atom stereocenters. The van der Waals surface area contributed by atoms with Crippen LogP contribution in [0.1, 0.15) is 80.2 Å². The zero-order chi connectivity index (χ0) is 22.7. The van der Waals surface area contributed by atoms with E-state index in [1.807, 2.05) is 4.90 Å². The van der Waals surface area contributed by atoms with Crippen molar-refractivity contribution in [3.63, 3.8) is 0 Å². The van der Waals surface area contributed by atoms with Gasteiger partial charge in [0.2, 0.25) is 5.75 Å². The highest BCUT2D eigenvalue weighted by molar-refractivity contribution is 5.95. The van der Waals surface area contributed by atoms with Gasteiger partial charge in [-0.1, -0.05) is 27.7 Å². The monoisotopic (exact) mass is 429 g/mol. The second kappa shape index (κ2) is 9.62. The largest absolute Gasteiger partial charge is 0.493 e. The van der Waals surface area contributed by atoms with Gasteiger partial charge in [0.05, 0.1) is 33.1 Å². The van der Waals surface area contributed by atoms with Crippen LogP contribution in [0.5, 0.6) is 17.2 Å². The molecule has 1 amide bonds. The molecule has 1 aromatic carbocycles. The van der Waals surface area contributed by atoms with E-state index in [-0.39, 0.29) is 5.91 Å². The van der Waals surface area contributed by atoms with Crippen LogP contribution in [-0.2, 0) is 0 Å². The van der Waals surface area contributed by atoms with E-state index in [0.717, 1.165) is 18.5 Å². The molecule has 0 radical (unpaired) electrons. The first-order valence-corrected chi connectivity index (χ1v) is 11.0. The number of piperidine rings is 1. The number of benzene rings is 1. The minimum atomic E-state index is -0.0230. The third-order valence-corrected chi connectivity index (χ3v) is 5.98. The summed E-state index contributed by atoms with van der Waals surface area (Å²) in [6.07, 6.45) is 1.77. The minimum Gasteiger partial charge on any atom is -0.493 e. The molecule has 31 heavy (non-hydrogen) atoms. The molecule has 7 heteroatoms. The summed E-state index contributed by atoms with van der Waals surface area (Å²) in [7, 11) is 4.66. The number of likely N-dealkylation sites (tertiary alicyclic amines) is 1. The molecule has 170 valence electrons.